The number of hydrogen-bond acceptors (Lipinski definition) is 8. The van der Waals surface area contributed by atoms with Gasteiger partial charge in [0.15, 0.2) is 11.3 Å². The number of amides is 3. The summed E-state index contributed by atoms with van der Waals surface area (Å²) in [4.78, 5) is 36.6. The highest BCUT2D eigenvalue weighted by molar-refractivity contribution is 5.87. The van der Waals surface area contributed by atoms with E-state index in [1.807, 2.05) is 13.8 Å². The summed E-state index contributed by atoms with van der Waals surface area (Å²) >= 11 is 0. The molecule has 0 aromatic carbocycles. The molecule has 0 unspecified atom stereocenters. The molecule has 0 fully saturated rings. The third-order valence-electron chi connectivity index (χ3n) is 4.36. The first kappa shape index (κ1) is 22.7. The van der Waals surface area contributed by atoms with Crippen molar-refractivity contribution < 1.29 is 19.1 Å². The van der Waals surface area contributed by atoms with E-state index in [9.17, 15) is 14.4 Å². The summed E-state index contributed by atoms with van der Waals surface area (Å²) in [6.07, 6.45) is 0.955. The summed E-state index contributed by atoms with van der Waals surface area (Å²) in [7, 11) is 0. The molecule has 2 aliphatic heterocycles. The number of carbonyl (C=O) groups is 3. The summed E-state index contributed by atoms with van der Waals surface area (Å²) < 4.78 is 5.17. The molecule has 11 heteroatoms. The smallest absolute Gasteiger partial charge is 0.407 e. The Kier molecular flexibility index (Phi) is 6.91. The minimum absolute atomic E-state index is 0.179. The van der Waals surface area contributed by atoms with Gasteiger partial charge in [-0.3, -0.25) is 9.59 Å². The molecule has 29 heavy (non-hydrogen) atoms. The number of rotatable bonds is 11. The van der Waals surface area contributed by atoms with Gasteiger partial charge in [0.1, 0.15) is 11.6 Å². The fraction of sp³-hybridized carbons (Fsp3) is 0.833. The highest BCUT2D eigenvalue weighted by Gasteiger charge is 2.35. The van der Waals surface area contributed by atoms with Gasteiger partial charge in [-0.25, -0.2) is 4.79 Å². The number of nitrogens with one attached hydrogen (secondary N) is 3. The molecule has 0 bridgehead atoms. The van der Waals surface area contributed by atoms with Crippen LogP contribution in [0.4, 0.5) is 4.79 Å². The lowest BCUT2D eigenvalue weighted by molar-refractivity contribution is -0.129. The highest BCUT2D eigenvalue weighted by atomic mass is 16.6. The normalized spacial score (nSPS) is 18.5. The average Bonchev–Trinajstić information content (AvgIpc) is 3.50. The summed E-state index contributed by atoms with van der Waals surface area (Å²) in [5.74, 6) is -0.583. The Morgan fingerprint density at radius 3 is 2.07 bits per heavy atom. The zero-order valence-electron chi connectivity index (χ0n) is 17.7. The molecule has 2 aliphatic rings. The Morgan fingerprint density at radius 1 is 0.931 bits per heavy atom. The molecule has 1 atom stereocenters. The van der Waals surface area contributed by atoms with Gasteiger partial charge in [0.2, 0.25) is 11.8 Å². The van der Waals surface area contributed by atoms with E-state index >= 15 is 0 Å². The van der Waals surface area contributed by atoms with Gasteiger partial charge in [-0.05, 0) is 41.0 Å². The van der Waals surface area contributed by atoms with Gasteiger partial charge in [0.05, 0.1) is 0 Å². The maximum absolute atomic E-state index is 12.5. The zero-order valence-corrected chi connectivity index (χ0v) is 17.7. The van der Waals surface area contributed by atoms with Gasteiger partial charge < -0.3 is 20.7 Å². The van der Waals surface area contributed by atoms with E-state index in [-0.39, 0.29) is 31.2 Å². The predicted molar refractivity (Wildman–Crippen MR) is 104 cm³/mol. The number of ether oxygens (including phenoxy) is 1. The van der Waals surface area contributed by atoms with Crippen LogP contribution in [0.5, 0.6) is 0 Å². The quantitative estimate of drug-likeness (QED) is 0.479. The summed E-state index contributed by atoms with van der Waals surface area (Å²) in [6.45, 7) is 9.58. The fourth-order valence-electron chi connectivity index (χ4n) is 2.43. The van der Waals surface area contributed by atoms with Crippen LogP contribution in [0.3, 0.4) is 0 Å². The van der Waals surface area contributed by atoms with E-state index in [1.165, 1.54) is 0 Å². The minimum atomic E-state index is -0.779. The van der Waals surface area contributed by atoms with Crippen LogP contribution in [0.2, 0.25) is 0 Å². The summed E-state index contributed by atoms with van der Waals surface area (Å²) in [6, 6.07) is -0.779. The molecule has 2 rings (SSSR count). The summed E-state index contributed by atoms with van der Waals surface area (Å²) in [5, 5.41) is 23.7. The number of carbonyl (C=O) groups excluding carboxylic acids is 3. The highest BCUT2D eigenvalue weighted by Crippen LogP contribution is 2.32. The molecule has 0 spiro atoms. The maximum atomic E-state index is 12.5. The third-order valence-corrected chi connectivity index (χ3v) is 4.36. The first-order valence-corrected chi connectivity index (χ1v) is 9.82. The fourth-order valence-corrected chi connectivity index (χ4v) is 2.43. The lowest BCUT2D eigenvalue weighted by Crippen LogP contribution is -2.49. The second kappa shape index (κ2) is 8.83. The van der Waals surface area contributed by atoms with Crippen LogP contribution in [0, 0.1) is 0 Å². The first-order chi connectivity index (χ1) is 13.4. The Morgan fingerprint density at radius 2 is 1.52 bits per heavy atom. The van der Waals surface area contributed by atoms with Gasteiger partial charge in [-0.1, -0.05) is 0 Å². The molecule has 0 saturated carbocycles. The van der Waals surface area contributed by atoms with E-state index in [1.54, 1.807) is 20.8 Å². The molecule has 3 amide bonds. The van der Waals surface area contributed by atoms with Crippen molar-refractivity contribution in [1.29, 1.82) is 0 Å². The molecule has 0 aromatic rings. The second-order valence-corrected chi connectivity index (χ2v) is 8.71. The van der Waals surface area contributed by atoms with E-state index in [4.69, 9.17) is 4.74 Å². The first-order valence-electron chi connectivity index (χ1n) is 9.82. The van der Waals surface area contributed by atoms with Gasteiger partial charge in [-0.15, -0.1) is 0 Å². The molecule has 0 saturated heterocycles. The molecular formula is C18H31N7O4. The molecule has 0 radical (unpaired) electrons. The van der Waals surface area contributed by atoms with Crippen LogP contribution in [0.1, 0.15) is 60.3 Å². The Hall–Kier alpha value is -2.59. The molecule has 11 nitrogen and oxygen atoms in total. The van der Waals surface area contributed by atoms with Crippen molar-refractivity contribution in [1.82, 2.24) is 16.0 Å². The molecule has 2 heterocycles. The average molecular weight is 409 g/mol. The van der Waals surface area contributed by atoms with Crippen molar-refractivity contribution in [3.8, 4) is 0 Å². The number of alkyl carbamates (subject to hydrolysis) is 1. The van der Waals surface area contributed by atoms with Crippen molar-refractivity contribution in [3.63, 3.8) is 0 Å². The molecule has 162 valence electrons. The molecular weight excluding hydrogens is 378 g/mol. The van der Waals surface area contributed by atoms with E-state index < -0.39 is 29.1 Å². The Labute approximate surface area is 170 Å². The van der Waals surface area contributed by atoms with Crippen LogP contribution in [-0.4, -0.2) is 54.0 Å². The van der Waals surface area contributed by atoms with E-state index in [0.717, 1.165) is 0 Å². The van der Waals surface area contributed by atoms with Crippen LogP contribution >= 0.6 is 0 Å². The number of hydrogen-bond donors (Lipinski definition) is 3. The zero-order chi connectivity index (χ0) is 21.7. The number of nitrogens with zero attached hydrogens (tertiary/aromatic N) is 4. The Bertz CT molecular complexity index is 687. The standard InChI is InChI=1S/C18H31N7O4/c1-16(2,3)29-15(28)20-10-7-12(14(27)19-11-9-18(5)24-25-18)21-13(26)6-8-17(4)22-23-17/h12H,6-11H2,1-5H3,(H,19,27)(H,20,28)(H,21,26)/t12-/m0/s1. The second-order valence-electron chi connectivity index (χ2n) is 8.71. The van der Waals surface area contributed by atoms with Crippen molar-refractivity contribution in [3.05, 3.63) is 0 Å². The van der Waals surface area contributed by atoms with Crippen molar-refractivity contribution in [2.24, 2.45) is 20.5 Å². The van der Waals surface area contributed by atoms with Gasteiger partial charge in [-0.2, -0.15) is 20.5 Å². The van der Waals surface area contributed by atoms with Crippen molar-refractivity contribution in [2.45, 2.75) is 83.3 Å². The minimum Gasteiger partial charge on any atom is -0.444 e. The molecule has 0 aliphatic carbocycles. The van der Waals surface area contributed by atoms with E-state index in [2.05, 4.69) is 36.4 Å². The largest absolute Gasteiger partial charge is 0.444 e. The van der Waals surface area contributed by atoms with E-state index in [0.29, 0.717) is 19.4 Å². The molecule has 0 aromatic heterocycles. The van der Waals surface area contributed by atoms with Crippen LogP contribution < -0.4 is 16.0 Å². The Balaban J connectivity index is 1.79. The van der Waals surface area contributed by atoms with Crippen LogP contribution in [0.15, 0.2) is 20.5 Å². The van der Waals surface area contributed by atoms with Gasteiger partial charge in [0, 0.05) is 32.4 Å². The molecule has 3 N–H and O–H groups in total. The summed E-state index contributed by atoms with van der Waals surface area (Å²) in [5.41, 5.74) is -1.49. The van der Waals surface area contributed by atoms with Crippen molar-refractivity contribution in [2.75, 3.05) is 13.1 Å². The monoisotopic (exact) mass is 409 g/mol. The van der Waals surface area contributed by atoms with Crippen molar-refractivity contribution >= 4 is 17.9 Å². The lowest BCUT2D eigenvalue weighted by atomic mass is 10.1. The van der Waals surface area contributed by atoms with Crippen LogP contribution in [0.25, 0.3) is 0 Å². The third kappa shape index (κ3) is 8.97. The maximum Gasteiger partial charge on any atom is 0.407 e. The van der Waals surface area contributed by atoms with Gasteiger partial charge in [0.25, 0.3) is 0 Å². The van der Waals surface area contributed by atoms with Gasteiger partial charge >= 0.3 is 6.09 Å². The predicted octanol–water partition coefficient (Wildman–Crippen LogP) is 2.04. The lowest BCUT2D eigenvalue weighted by Gasteiger charge is -2.21. The SMILES string of the molecule is CC1(CCNC(=O)[C@H](CCNC(=O)OC(C)(C)C)NC(=O)CCC2(C)N=N2)N=N1. The van der Waals surface area contributed by atoms with Crippen LogP contribution in [-0.2, 0) is 14.3 Å². The topological polar surface area (TPSA) is 146 Å².